The van der Waals surface area contributed by atoms with Crippen LogP contribution in [0.1, 0.15) is 212 Å². The van der Waals surface area contributed by atoms with Gasteiger partial charge < -0.3 is 114 Å². The number of nitrogens with two attached hydrogens (primary N) is 2. The number of aromatic nitrogens is 4. The van der Waals surface area contributed by atoms with E-state index >= 15 is 0 Å². The molecule has 0 saturated heterocycles. The van der Waals surface area contributed by atoms with Gasteiger partial charge >= 0.3 is 11.9 Å². The molecular weight excluding hydrogens is 1630 g/mol. The number of carbonyl (C=O) groups is 17. The first-order chi connectivity index (χ1) is 59.5. The van der Waals surface area contributed by atoms with Gasteiger partial charge in [-0.2, -0.15) is 0 Å². The zero-order chi connectivity index (χ0) is 91.7. The Morgan fingerprint density at radius 3 is 1.42 bits per heavy atom. The lowest BCUT2D eigenvalue weighted by molar-refractivity contribution is -0.142. The Kier molecular flexibility index (Phi) is 60.1. The molecule has 1 aromatic rings. The summed E-state index contributed by atoms with van der Waals surface area (Å²) in [5.41, 5.74) is 11.0. The van der Waals surface area contributed by atoms with Crippen LogP contribution in [0.25, 0.3) is 0 Å². The summed E-state index contributed by atoms with van der Waals surface area (Å²) >= 11 is 0. The normalized spacial score (nSPS) is 13.5. The van der Waals surface area contributed by atoms with Crippen LogP contribution < -0.4 is 70.0 Å². The maximum Gasteiger partial charge on any atom is 0.317 e. The number of hydrogen-bond acceptors (Lipinski definition) is 29. The van der Waals surface area contributed by atoms with Gasteiger partial charge in [-0.15, -0.1) is 5.10 Å². The maximum absolute atomic E-state index is 14.4. The first kappa shape index (κ1) is 110. The average molecular weight is 1770 g/mol. The molecule has 45 nitrogen and oxygen atoms in total. The average Bonchev–Trinajstić information content (AvgIpc) is 1.14. The number of rotatable bonds is 78. The van der Waals surface area contributed by atoms with E-state index in [1.54, 1.807) is 6.08 Å². The number of amides is 13. The SMILES string of the molecule is CCCC[C@H](NC(=O)CCCC(=O)[C@H](CCCCN(CC(=O)O)CC(=O)O)NC(=O)[C@H](CC1=CCC=N1)NC(=O)[C@H](CCC(N)=O)NC(=O)[C@H](CO)NC(=O)[C@H](CO)NC(=O)[C@H](CCC(N)=O)NC(=O)[C@@H](CO)NC(=O)CNC(=O)COCCOCCNC(=O)COCCOCCCC(=O)CCCCCCCCCCCCCCCc1nnn[nH]1)C(=O)NC. The van der Waals surface area contributed by atoms with Gasteiger partial charge in [0.25, 0.3) is 0 Å². The molecule has 2 rings (SSSR count). The number of aliphatic hydroxyl groups is 3. The number of tetrazole rings is 1. The summed E-state index contributed by atoms with van der Waals surface area (Å²) in [6.45, 7) is -3.43. The summed E-state index contributed by atoms with van der Waals surface area (Å²) < 4.78 is 21.5. The Balaban J connectivity index is 1.88. The van der Waals surface area contributed by atoms with E-state index in [1.165, 1.54) is 71.0 Å². The minimum absolute atomic E-state index is 0.0144. The van der Waals surface area contributed by atoms with Gasteiger partial charge in [0.1, 0.15) is 67.1 Å². The van der Waals surface area contributed by atoms with Crippen LogP contribution in [0.15, 0.2) is 16.8 Å². The third-order valence-corrected chi connectivity index (χ3v) is 19.3. The highest BCUT2D eigenvalue weighted by atomic mass is 16.5. The lowest BCUT2D eigenvalue weighted by atomic mass is 9.99. The molecule has 0 bridgehead atoms. The number of H-pyrrole nitrogens is 1. The van der Waals surface area contributed by atoms with Crippen molar-refractivity contribution in [1.29, 1.82) is 0 Å². The zero-order valence-electron chi connectivity index (χ0n) is 71.4. The van der Waals surface area contributed by atoms with Gasteiger partial charge in [-0.3, -0.25) is 91.4 Å². The molecule has 21 N–H and O–H groups in total. The number of hydrogen-bond donors (Lipinski definition) is 19. The number of aliphatic carboxylic acids is 2. The van der Waals surface area contributed by atoms with Crippen molar-refractivity contribution in [2.45, 2.75) is 261 Å². The number of nitrogens with zero attached hydrogens (tertiary/aromatic N) is 5. The van der Waals surface area contributed by atoms with Gasteiger partial charge in [0.2, 0.25) is 76.8 Å². The number of Topliss-reactive ketones (excluding diaryl/α,β-unsaturated/α-hetero) is 2. The smallest absolute Gasteiger partial charge is 0.317 e. The van der Waals surface area contributed by atoms with Crippen LogP contribution in [0.5, 0.6) is 0 Å². The van der Waals surface area contributed by atoms with Gasteiger partial charge in [0.05, 0.1) is 78.5 Å². The molecule has 1 aliphatic rings. The maximum atomic E-state index is 14.4. The quantitative estimate of drug-likeness (QED) is 0.0279. The summed E-state index contributed by atoms with van der Waals surface area (Å²) in [7, 11) is 1.41. The standard InChI is InChI=1S/C79H133N19O26/c1-3-4-26-56(73(114)82-2)86-67(106)30-20-28-63(103)55(27-18-19-37-98(46-71(110)111)47-72(112)113)88-76(117)59(44-53-23-21-35-83-53)91-74(115)57(31-33-64(80)104)90-78(119)61(49-100)93-79(120)62(50-101)92-75(116)58(32-34-65(81)105)89-77(118)60(48-99)87-68(107)45-85-70(109)52-124-43-41-122-39-36-84-69(108)51-123-42-40-121-38-22-25-54(102)24-16-14-12-10-8-6-5-7-9-11-13-15-17-29-66-94-96-97-95-66/h23,35,55-62,99-101H,3-22,24-34,36-52H2,1-2H3,(H2,80,104)(H2,81,105)(H,82,114)(H,84,108)(H,85,109)(H,86,106)(H,87,107)(H,88,117)(H,89,118)(H,90,119)(H,91,115)(H,92,116)(H,93,120)(H,110,111)(H,112,113)(H,94,95,96,97)/t55-,56-,57-,58-,59-,60+,61-,62-/m0/s1. The van der Waals surface area contributed by atoms with Crippen LogP contribution in [0.3, 0.4) is 0 Å². The van der Waals surface area contributed by atoms with E-state index < -0.39 is 209 Å². The fraction of sp³-hybridized carbons (Fsp3) is 0.734. The zero-order valence-corrected chi connectivity index (χ0v) is 71.4. The van der Waals surface area contributed by atoms with Gasteiger partial charge in [0, 0.05) is 89.9 Å². The first-order valence-corrected chi connectivity index (χ1v) is 42.5. The predicted molar refractivity (Wildman–Crippen MR) is 443 cm³/mol. The van der Waals surface area contributed by atoms with Crippen molar-refractivity contribution in [3.63, 3.8) is 0 Å². The van der Waals surface area contributed by atoms with Crippen LogP contribution >= 0.6 is 0 Å². The van der Waals surface area contributed by atoms with E-state index in [0.717, 1.165) is 49.2 Å². The minimum Gasteiger partial charge on any atom is -0.480 e. The Bertz CT molecular complexity index is 3490. The summed E-state index contributed by atoms with van der Waals surface area (Å²) in [4.78, 5) is 225. The molecule has 0 radical (unpaired) electrons. The number of carbonyl (C=O) groups excluding carboxylic acids is 15. The molecule has 0 saturated carbocycles. The monoisotopic (exact) mass is 1760 g/mol. The number of nitrogens with one attached hydrogen (secondary N) is 12. The first-order valence-electron chi connectivity index (χ1n) is 42.5. The summed E-state index contributed by atoms with van der Waals surface area (Å²) in [5, 5.41) is 89.3. The van der Waals surface area contributed by atoms with Crippen LogP contribution in [0.4, 0.5) is 0 Å². The number of unbranched alkanes of at least 4 members (excludes halogenated alkanes) is 14. The largest absolute Gasteiger partial charge is 0.480 e. The van der Waals surface area contributed by atoms with E-state index in [9.17, 15) is 107 Å². The third-order valence-electron chi connectivity index (χ3n) is 19.3. The molecule has 0 aromatic carbocycles. The van der Waals surface area contributed by atoms with Crippen molar-refractivity contribution in [1.82, 2.24) is 84.0 Å². The molecule has 0 fully saturated rings. The highest BCUT2D eigenvalue weighted by molar-refractivity contribution is 5.99. The van der Waals surface area contributed by atoms with Crippen LogP contribution in [-0.2, 0) is 107 Å². The van der Waals surface area contributed by atoms with Gasteiger partial charge in [-0.1, -0.05) is 96.5 Å². The highest BCUT2D eigenvalue weighted by Gasteiger charge is 2.36. The summed E-state index contributed by atoms with van der Waals surface area (Å²) in [5.74, 6) is -14.6. The molecule has 2 heterocycles. The second-order valence-electron chi connectivity index (χ2n) is 29.7. The van der Waals surface area contributed by atoms with E-state index in [0.29, 0.717) is 45.1 Å². The van der Waals surface area contributed by atoms with Gasteiger partial charge in [0.15, 0.2) is 5.78 Å². The topological polar surface area (TPSA) is 683 Å². The molecule has 1 aromatic heterocycles. The molecule has 700 valence electrons. The number of aliphatic hydroxyl groups excluding tert-OH is 3. The number of aromatic amines is 1. The lowest BCUT2D eigenvalue weighted by Crippen LogP contribution is -2.61. The third kappa shape index (κ3) is 53.6. The Morgan fingerprint density at radius 2 is 0.911 bits per heavy atom. The fourth-order valence-electron chi connectivity index (χ4n) is 12.5. The number of primary amides is 2. The number of ether oxygens (including phenoxy) is 4. The number of ketones is 2. The molecule has 0 unspecified atom stereocenters. The van der Waals surface area contributed by atoms with Crippen molar-refractivity contribution >= 4 is 107 Å². The van der Waals surface area contributed by atoms with Crippen molar-refractivity contribution in [2.24, 2.45) is 16.5 Å². The van der Waals surface area contributed by atoms with Crippen LogP contribution in [-0.4, -0.2) is 318 Å². The highest BCUT2D eigenvalue weighted by Crippen LogP contribution is 2.18. The van der Waals surface area contributed by atoms with E-state index in [-0.39, 0.29) is 115 Å². The molecule has 45 heteroatoms. The summed E-state index contributed by atoms with van der Waals surface area (Å²) in [6.07, 6.45) is 20.0. The van der Waals surface area contributed by atoms with Gasteiger partial charge in [-0.05, 0) is 81.2 Å². The number of carboxylic acid groups (broad SMARTS) is 2. The molecule has 0 aliphatic carbocycles. The van der Waals surface area contributed by atoms with E-state index in [4.69, 9.17) is 30.4 Å². The molecule has 8 atom stereocenters. The molecule has 0 spiro atoms. The Morgan fingerprint density at radius 1 is 0.452 bits per heavy atom. The minimum atomic E-state index is -2.02. The number of aryl methyl sites for hydroxylation is 1. The van der Waals surface area contributed by atoms with E-state index in [1.807, 2.05) is 6.92 Å². The van der Waals surface area contributed by atoms with Gasteiger partial charge in [-0.25, -0.2) is 5.10 Å². The second-order valence-corrected chi connectivity index (χ2v) is 29.7. The van der Waals surface area contributed by atoms with Crippen molar-refractivity contribution in [3.05, 3.63) is 17.6 Å². The Hall–Kier alpha value is -10.4. The number of allylic oxidation sites excluding steroid dienone is 1. The van der Waals surface area contributed by atoms with Crippen LogP contribution in [0, 0.1) is 0 Å². The number of likely N-dealkylation sites (N-methyl/N-ethyl adjacent to an activating group) is 1. The van der Waals surface area contributed by atoms with Crippen molar-refractivity contribution in [3.8, 4) is 0 Å². The Labute approximate surface area is 721 Å². The molecule has 124 heavy (non-hydrogen) atoms. The number of aliphatic imine (C=N–C) groups is 1. The second kappa shape index (κ2) is 68.0. The van der Waals surface area contributed by atoms with Crippen molar-refractivity contribution < 1.29 is 126 Å². The van der Waals surface area contributed by atoms with Crippen molar-refractivity contribution in [2.75, 3.05) is 112 Å². The molecule has 1 aliphatic heterocycles. The lowest BCUT2D eigenvalue weighted by Gasteiger charge is -2.27. The molecule has 13 amide bonds. The fourth-order valence-corrected chi connectivity index (χ4v) is 12.5. The predicted octanol–water partition coefficient (Wildman–Crippen LogP) is -3.70. The summed E-state index contributed by atoms with van der Waals surface area (Å²) in [6, 6.07) is -13.2. The van der Waals surface area contributed by atoms with Crippen LogP contribution in [0.2, 0.25) is 0 Å². The van der Waals surface area contributed by atoms with E-state index in [2.05, 4.69) is 84.1 Å². The molecular formula is C79H133N19O26. The number of carboxylic acids is 2.